The largest absolute Gasteiger partial charge is 0.352 e. The number of rotatable bonds is 4. The van der Waals surface area contributed by atoms with E-state index >= 15 is 0 Å². The lowest BCUT2D eigenvalue weighted by Gasteiger charge is -2.14. The lowest BCUT2D eigenvalue weighted by atomic mass is 9.97. The molecule has 0 radical (unpaired) electrons. The molecular weight excluding hydrogens is 349 g/mol. The third-order valence-electron chi connectivity index (χ3n) is 3.93. The van der Waals surface area contributed by atoms with Gasteiger partial charge in [-0.15, -0.1) is 0 Å². The van der Waals surface area contributed by atoms with E-state index in [0.717, 1.165) is 28.0 Å². The maximum atomic E-state index is 12.1. The van der Waals surface area contributed by atoms with E-state index < -0.39 is 0 Å². The second-order valence-corrected chi connectivity index (χ2v) is 6.54. The summed E-state index contributed by atoms with van der Waals surface area (Å²) >= 11 is 2.21. The third-order valence-corrected chi connectivity index (χ3v) is 4.87. The zero-order valence-electron chi connectivity index (χ0n) is 11.3. The van der Waals surface area contributed by atoms with Crippen LogP contribution in [0.5, 0.6) is 0 Å². The van der Waals surface area contributed by atoms with Crippen molar-refractivity contribution < 1.29 is 4.79 Å². The van der Waals surface area contributed by atoms with Gasteiger partial charge in [-0.2, -0.15) is 0 Å². The highest BCUT2D eigenvalue weighted by molar-refractivity contribution is 14.1. The van der Waals surface area contributed by atoms with Crippen LogP contribution in [0.2, 0.25) is 0 Å². The second kappa shape index (κ2) is 7.88. The lowest BCUT2D eigenvalue weighted by Crippen LogP contribution is -2.26. The highest BCUT2D eigenvalue weighted by Gasteiger charge is 2.13. The van der Waals surface area contributed by atoms with Crippen LogP contribution < -0.4 is 5.32 Å². The third kappa shape index (κ3) is 4.79. The van der Waals surface area contributed by atoms with Crippen molar-refractivity contribution in [1.29, 1.82) is 0 Å². The first-order valence-corrected chi connectivity index (χ1v) is 8.38. The van der Waals surface area contributed by atoms with Crippen molar-refractivity contribution >= 4 is 28.5 Å². The highest BCUT2D eigenvalue weighted by atomic mass is 127. The zero-order chi connectivity index (χ0) is 13.5. The Bertz CT molecular complexity index is 411. The Morgan fingerprint density at radius 1 is 1.16 bits per heavy atom. The fourth-order valence-electron chi connectivity index (χ4n) is 2.78. The summed E-state index contributed by atoms with van der Waals surface area (Å²) in [6.07, 6.45) is 9.35. The zero-order valence-corrected chi connectivity index (χ0v) is 13.5. The molecule has 0 aliphatic heterocycles. The molecule has 1 fully saturated rings. The number of hydrogen-bond donors (Lipinski definition) is 1. The number of carbonyl (C=O) groups excluding carboxylic acids is 1. The molecule has 0 heterocycles. The molecule has 0 saturated heterocycles. The summed E-state index contributed by atoms with van der Waals surface area (Å²) < 4.78 is 1.02. The summed E-state index contributed by atoms with van der Waals surface area (Å²) in [6.45, 7) is 0.814. The molecule has 1 aromatic rings. The van der Waals surface area contributed by atoms with Crippen molar-refractivity contribution in [2.45, 2.75) is 44.9 Å². The highest BCUT2D eigenvalue weighted by Crippen LogP contribution is 2.24. The van der Waals surface area contributed by atoms with Gasteiger partial charge >= 0.3 is 0 Å². The molecule has 0 unspecified atom stereocenters. The van der Waals surface area contributed by atoms with Gasteiger partial charge in [0.25, 0.3) is 5.91 Å². The molecule has 1 N–H and O–H groups in total. The van der Waals surface area contributed by atoms with Crippen LogP contribution in [0, 0.1) is 9.49 Å². The number of nitrogens with one attached hydrogen (secondary N) is 1. The average Bonchev–Trinajstić information content (AvgIpc) is 2.68. The van der Waals surface area contributed by atoms with Gasteiger partial charge in [0.1, 0.15) is 0 Å². The van der Waals surface area contributed by atoms with Crippen LogP contribution in [-0.4, -0.2) is 12.5 Å². The van der Waals surface area contributed by atoms with Gasteiger partial charge in [0.2, 0.25) is 0 Å². The lowest BCUT2D eigenvalue weighted by molar-refractivity contribution is 0.0950. The van der Waals surface area contributed by atoms with Gasteiger partial charge in [-0.25, -0.2) is 0 Å². The molecule has 2 nitrogen and oxygen atoms in total. The van der Waals surface area contributed by atoms with Gasteiger partial charge in [0.15, 0.2) is 0 Å². The van der Waals surface area contributed by atoms with E-state index in [-0.39, 0.29) is 5.91 Å². The number of hydrogen-bond acceptors (Lipinski definition) is 1. The van der Waals surface area contributed by atoms with Gasteiger partial charge < -0.3 is 5.32 Å². The first-order chi connectivity index (χ1) is 9.27. The molecule has 0 atom stereocenters. The molecule has 1 amide bonds. The summed E-state index contributed by atoms with van der Waals surface area (Å²) in [7, 11) is 0. The molecule has 1 aliphatic rings. The number of carbonyl (C=O) groups is 1. The second-order valence-electron chi connectivity index (χ2n) is 5.38. The Hall–Kier alpha value is -0.580. The molecule has 0 aromatic heterocycles. The molecule has 2 rings (SSSR count). The first-order valence-electron chi connectivity index (χ1n) is 7.30. The molecule has 1 saturated carbocycles. The molecule has 0 spiro atoms. The van der Waals surface area contributed by atoms with Crippen molar-refractivity contribution in [1.82, 2.24) is 5.32 Å². The average molecular weight is 371 g/mol. The Morgan fingerprint density at radius 3 is 2.53 bits per heavy atom. The normalized spacial score (nSPS) is 16.9. The van der Waals surface area contributed by atoms with E-state index in [4.69, 9.17) is 0 Å². The number of amides is 1. The topological polar surface area (TPSA) is 29.1 Å². The number of benzene rings is 1. The fraction of sp³-hybridized carbons (Fsp3) is 0.562. The number of halogens is 1. The predicted molar refractivity (Wildman–Crippen MR) is 87.3 cm³/mol. The quantitative estimate of drug-likeness (QED) is 0.618. The smallest absolute Gasteiger partial charge is 0.252 e. The summed E-state index contributed by atoms with van der Waals surface area (Å²) in [6, 6.07) is 7.75. The molecule has 3 heteroatoms. The van der Waals surface area contributed by atoms with Crippen LogP contribution >= 0.6 is 22.6 Å². The van der Waals surface area contributed by atoms with E-state index in [1.807, 2.05) is 24.3 Å². The van der Waals surface area contributed by atoms with Crippen LogP contribution in [-0.2, 0) is 0 Å². The predicted octanol–water partition coefficient (Wildman–Crippen LogP) is 4.38. The van der Waals surface area contributed by atoms with Crippen molar-refractivity contribution in [3.8, 4) is 0 Å². The Morgan fingerprint density at radius 2 is 1.84 bits per heavy atom. The first kappa shape index (κ1) is 14.8. The Kier molecular flexibility index (Phi) is 6.14. The van der Waals surface area contributed by atoms with E-state index in [1.54, 1.807) is 0 Å². The minimum atomic E-state index is 0.0682. The monoisotopic (exact) mass is 371 g/mol. The maximum Gasteiger partial charge on any atom is 0.252 e. The van der Waals surface area contributed by atoms with Crippen molar-refractivity contribution in [3.63, 3.8) is 0 Å². The summed E-state index contributed by atoms with van der Waals surface area (Å²) in [5.41, 5.74) is 0.795. The molecule has 19 heavy (non-hydrogen) atoms. The minimum Gasteiger partial charge on any atom is -0.352 e. The van der Waals surface area contributed by atoms with Crippen LogP contribution in [0.3, 0.4) is 0 Å². The molecular formula is C16H22INO. The van der Waals surface area contributed by atoms with Crippen molar-refractivity contribution in [3.05, 3.63) is 33.4 Å². The van der Waals surface area contributed by atoms with Gasteiger partial charge in [-0.05, 0) is 47.1 Å². The van der Waals surface area contributed by atoms with Crippen LogP contribution in [0.25, 0.3) is 0 Å². The SMILES string of the molecule is O=C(NCCC1CCCCCC1)c1ccccc1I. The Balaban J connectivity index is 1.76. The molecule has 0 bridgehead atoms. The summed E-state index contributed by atoms with van der Waals surface area (Å²) in [4.78, 5) is 12.1. The van der Waals surface area contributed by atoms with Crippen molar-refractivity contribution in [2.75, 3.05) is 6.54 Å². The van der Waals surface area contributed by atoms with Crippen molar-refractivity contribution in [2.24, 2.45) is 5.92 Å². The van der Waals surface area contributed by atoms with Gasteiger partial charge in [-0.1, -0.05) is 50.7 Å². The van der Waals surface area contributed by atoms with Gasteiger partial charge in [-0.3, -0.25) is 4.79 Å². The standard InChI is InChI=1S/C16H22INO/c17-15-10-6-5-9-14(15)16(19)18-12-11-13-7-3-1-2-4-8-13/h5-6,9-10,13H,1-4,7-8,11-12H2,(H,18,19). The van der Waals surface area contributed by atoms with E-state index in [9.17, 15) is 4.79 Å². The maximum absolute atomic E-state index is 12.1. The molecule has 104 valence electrons. The van der Waals surface area contributed by atoms with Gasteiger partial charge in [0.05, 0.1) is 5.56 Å². The fourth-order valence-corrected chi connectivity index (χ4v) is 3.42. The van der Waals surface area contributed by atoms with E-state index in [2.05, 4.69) is 27.9 Å². The molecule has 1 aromatic carbocycles. The van der Waals surface area contributed by atoms with Crippen LogP contribution in [0.4, 0.5) is 0 Å². The van der Waals surface area contributed by atoms with E-state index in [1.165, 1.54) is 38.5 Å². The van der Waals surface area contributed by atoms with Crippen LogP contribution in [0.1, 0.15) is 55.3 Å². The van der Waals surface area contributed by atoms with Gasteiger partial charge in [0, 0.05) is 10.1 Å². The van der Waals surface area contributed by atoms with E-state index in [0.29, 0.717) is 0 Å². The summed E-state index contributed by atoms with van der Waals surface area (Å²) in [5, 5.41) is 3.06. The molecule has 1 aliphatic carbocycles. The Labute approximate surface area is 129 Å². The summed E-state index contributed by atoms with van der Waals surface area (Å²) in [5.74, 6) is 0.885. The minimum absolute atomic E-state index is 0.0682. The van der Waals surface area contributed by atoms with Crippen LogP contribution in [0.15, 0.2) is 24.3 Å².